The first-order chi connectivity index (χ1) is 6.57. The molecule has 0 saturated heterocycles. The maximum atomic E-state index is 13.2. The molecule has 0 atom stereocenters. The zero-order chi connectivity index (χ0) is 10.7. The van der Waals surface area contributed by atoms with E-state index in [4.69, 9.17) is 23.2 Å². The lowest BCUT2D eigenvalue weighted by Gasteiger charge is -2.02. The van der Waals surface area contributed by atoms with E-state index in [-0.39, 0.29) is 17.9 Å². The monoisotopic (exact) mass is 238 g/mol. The van der Waals surface area contributed by atoms with Gasteiger partial charge in [0.2, 0.25) is 0 Å². The van der Waals surface area contributed by atoms with E-state index < -0.39 is 22.4 Å². The van der Waals surface area contributed by atoms with Gasteiger partial charge in [0.05, 0.1) is 5.56 Å². The third-order valence-corrected chi connectivity index (χ3v) is 2.19. The van der Waals surface area contributed by atoms with Crippen molar-refractivity contribution >= 4 is 29.0 Å². The third-order valence-electron chi connectivity index (χ3n) is 1.66. The molecule has 0 saturated carbocycles. The Hall–Kier alpha value is -0.670. The fourth-order valence-electron chi connectivity index (χ4n) is 0.962. The lowest BCUT2D eigenvalue weighted by molar-refractivity contribution is 0.0985. The second-order valence-electron chi connectivity index (χ2n) is 2.59. The average Bonchev–Trinajstić information content (AvgIpc) is 2.15. The van der Waals surface area contributed by atoms with Crippen LogP contribution >= 0.6 is 23.2 Å². The van der Waals surface area contributed by atoms with Crippen molar-refractivity contribution in [2.24, 2.45) is 0 Å². The van der Waals surface area contributed by atoms with Crippen molar-refractivity contribution in [1.29, 1.82) is 0 Å². The van der Waals surface area contributed by atoms with Gasteiger partial charge in [0.1, 0.15) is 10.8 Å². The minimum Gasteiger partial charge on any atom is -0.294 e. The molecule has 14 heavy (non-hydrogen) atoms. The van der Waals surface area contributed by atoms with Gasteiger partial charge >= 0.3 is 0 Å². The molecule has 0 fully saturated rings. The molecule has 0 aliphatic carbocycles. The molecule has 0 spiro atoms. The van der Waals surface area contributed by atoms with Crippen LogP contribution < -0.4 is 0 Å². The summed E-state index contributed by atoms with van der Waals surface area (Å²) in [7, 11) is 0. The Morgan fingerprint density at radius 3 is 2.57 bits per heavy atom. The quantitative estimate of drug-likeness (QED) is 0.448. The molecule has 1 aromatic rings. The molecular weight excluding hydrogens is 233 g/mol. The van der Waals surface area contributed by atoms with Gasteiger partial charge in [-0.05, 0) is 12.1 Å². The predicted molar refractivity (Wildman–Crippen MR) is 51.0 cm³/mol. The Morgan fingerprint density at radius 1 is 1.36 bits per heavy atom. The molecule has 1 aromatic carbocycles. The maximum Gasteiger partial charge on any atom is 0.167 e. The minimum atomic E-state index is -1.03. The normalized spacial score (nSPS) is 10.3. The van der Waals surface area contributed by atoms with Crippen LogP contribution in [0.15, 0.2) is 12.1 Å². The van der Waals surface area contributed by atoms with Crippen molar-refractivity contribution in [2.45, 2.75) is 6.42 Å². The van der Waals surface area contributed by atoms with Gasteiger partial charge in [-0.3, -0.25) is 4.79 Å². The fourth-order valence-corrected chi connectivity index (χ4v) is 1.30. The van der Waals surface area contributed by atoms with Crippen LogP contribution in [-0.2, 0) is 0 Å². The van der Waals surface area contributed by atoms with Crippen molar-refractivity contribution < 1.29 is 13.6 Å². The number of hydrogen-bond acceptors (Lipinski definition) is 1. The number of alkyl halides is 1. The summed E-state index contributed by atoms with van der Waals surface area (Å²) in [6.07, 6.45) is 0.000433. The molecule has 0 unspecified atom stereocenters. The fraction of sp³-hybridized carbons (Fsp3) is 0.222. The van der Waals surface area contributed by atoms with Crippen LogP contribution in [0.25, 0.3) is 0 Å². The van der Waals surface area contributed by atoms with Crippen LogP contribution in [0, 0.1) is 11.6 Å². The molecule has 0 bridgehead atoms. The lowest BCUT2D eigenvalue weighted by atomic mass is 10.1. The first-order valence-electron chi connectivity index (χ1n) is 3.80. The topological polar surface area (TPSA) is 17.1 Å². The molecule has 0 amide bonds. The van der Waals surface area contributed by atoms with Gasteiger partial charge in [-0.25, -0.2) is 8.78 Å². The van der Waals surface area contributed by atoms with Crippen molar-refractivity contribution in [1.82, 2.24) is 0 Å². The highest BCUT2D eigenvalue weighted by atomic mass is 35.5. The summed E-state index contributed by atoms with van der Waals surface area (Å²) >= 11 is 10.6. The van der Waals surface area contributed by atoms with Crippen molar-refractivity contribution in [3.63, 3.8) is 0 Å². The van der Waals surface area contributed by atoms with Crippen molar-refractivity contribution in [3.05, 3.63) is 34.4 Å². The number of carbonyl (C=O) groups excluding carboxylic acids is 1. The molecular formula is C9H6Cl2F2O. The summed E-state index contributed by atoms with van der Waals surface area (Å²) in [4.78, 5) is 11.2. The summed E-state index contributed by atoms with van der Waals surface area (Å²) < 4.78 is 25.9. The Kier molecular flexibility index (Phi) is 3.84. The number of ketones is 1. The predicted octanol–water partition coefficient (Wildman–Crippen LogP) is 3.43. The first-order valence-corrected chi connectivity index (χ1v) is 4.72. The molecule has 1 nitrogen and oxygen atoms in total. The number of carbonyl (C=O) groups is 1. The van der Waals surface area contributed by atoms with E-state index in [9.17, 15) is 13.6 Å². The maximum absolute atomic E-state index is 13.2. The van der Waals surface area contributed by atoms with Crippen molar-refractivity contribution in [2.75, 3.05) is 5.88 Å². The lowest BCUT2D eigenvalue weighted by Crippen LogP contribution is -2.04. The van der Waals surface area contributed by atoms with E-state index in [2.05, 4.69) is 0 Å². The van der Waals surface area contributed by atoms with Gasteiger partial charge in [-0.15, -0.1) is 11.6 Å². The second kappa shape index (κ2) is 4.71. The number of halogens is 4. The molecule has 0 N–H and O–H groups in total. The van der Waals surface area contributed by atoms with Crippen LogP contribution in [0.1, 0.15) is 16.8 Å². The molecule has 5 heteroatoms. The molecule has 0 aliphatic rings. The molecule has 0 aliphatic heterocycles. The van der Waals surface area contributed by atoms with Crippen LogP contribution in [0.2, 0.25) is 5.02 Å². The Bertz CT molecular complexity index is 366. The third kappa shape index (κ3) is 2.22. The molecule has 1 rings (SSSR count). The van der Waals surface area contributed by atoms with Gasteiger partial charge in [0, 0.05) is 12.3 Å². The van der Waals surface area contributed by atoms with Gasteiger partial charge in [0.25, 0.3) is 0 Å². The Balaban J connectivity index is 3.11. The zero-order valence-corrected chi connectivity index (χ0v) is 8.50. The summed E-state index contributed by atoms with van der Waals surface area (Å²) in [6, 6.07) is 2.01. The minimum absolute atomic E-state index is 0.000433. The summed E-state index contributed by atoms with van der Waals surface area (Å²) in [6.45, 7) is 0. The number of hydrogen-bond donors (Lipinski definition) is 0. The molecule has 0 aromatic heterocycles. The average molecular weight is 239 g/mol. The van der Waals surface area contributed by atoms with E-state index in [0.717, 1.165) is 12.1 Å². The highest BCUT2D eigenvalue weighted by molar-refractivity contribution is 6.31. The second-order valence-corrected chi connectivity index (χ2v) is 3.34. The largest absolute Gasteiger partial charge is 0.294 e. The SMILES string of the molecule is O=C(CCCl)c1ccc(F)c(Cl)c1F. The zero-order valence-electron chi connectivity index (χ0n) is 6.99. The van der Waals surface area contributed by atoms with Gasteiger partial charge in [-0.2, -0.15) is 0 Å². The summed E-state index contributed by atoms with van der Waals surface area (Å²) in [5.74, 6) is -2.31. The van der Waals surface area contributed by atoms with Crippen LogP contribution in [0.4, 0.5) is 8.78 Å². The standard InChI is InChI=1S/C9H6Cl2F2O/c10-4-3-7(14)5-1-2-6(12)8(11)9(5)13/h1-2H,3-4H2. The van der Waals surface area contributed by atoms with E-state index in [1.54, 1.807) is 0 Å². The number of rotatable bonds is 3. The molecule has 0 heterocycles. The Labute approximate surface area is 89.6 Å². The highest BCUT2D eigenvalue weighted by Crippen LogP contribution is 2.22. The van der Waals surface area contributed by atoms with Gasteiger partial charge < -0.3 is 0 Å². The van der Waals surface area contributed by atoms with E-state index >= 15 is 0 Å². The van der Waals surface area contributed by atoms with E-state index in [0.29, 0.717) is 0 Å². The summed E-state index contributed by atoms with van der Waals surface area (Å²) in [5, 5.41) is -0.662. The van der Waals surface area contributed by atoms with Gasteiger partial charge in [0.15, 0.2) is 11.6 Å². The molecule has 0 radical (unpaired) electrons. The molecule has 76 valence electrons. The summed E-state index contributed by atoms with van der Waals surface area (Å²) in [5.41, 5.74) is -0.225. The Morgan fingerprint density at radius 2 is 2.00 bits per heavy atom. The van der Waals surface area contributed by atoms with Gasteiger partial charge in [-0.1, -0.05) is 11.6 Å². The highest BCUT2D eigenvalue weighted by Gasteiger charge is 2.16. The van der Waals surface area contributed by atoms with E-state index in [1.165, 1.54) is 0 Å². The van der Waals surface area contributed by atoms with Crippen LogP contribution in [0.3, 0.4) is 0 Å². The first kappa shape index (κ1) is 11.4. The van der Waals surface area contributed by atoms with Crippen LogP contribution in [0.5, 0.6) is 0 Å². The van der Waals surface area contributed by atoms with Crippen LogP contribution in [-0.4, -0.2) is 11.7 Å². The van der Waals surface area contributed by atoms with Crippen molar-refractivity contribution in [3.8, 4) is 0 Å². The smallest absolute Gasteiger partial charge is 0.167 e. The number of benzene rings is 1. The number of Topliss-reactive ketones (excluding diaryl/α,β-unsaturated/α-hetero) is 1. The van der Waals surface area contributed by atoms with E-state index in [1.807, 2.05) is 0 Å².